The van der Waals surface area contributed by atoms with Crippen LogP contribution < -0.4 is 20.9 Å². The Kier molecular flexibility index (Phi) is 5.13. The second kappa shape index (κ2) is 7.50. The average molecular weight is 432 g/mol. The SMILES string of the molecule is COc1ccc(C(=O)NN/C=C2\C(=O)NC(=O)c3ccc(Br)cc32)cc1O. The van der Waals surface area contributed by atoms with Crippen molar-refractivity contribution in [1.82, 2.24) is 16.2 Å². The van der Waals surface area contributed by atoms with Crippen molar-refractivity contribution in [2.45, 2.75) is 0 Å². The number of carbonyl (C=O) groups is 3. The van der Waals surface area contributed by atoms with E-state index in [1.165, 1.54) is 31.5 Å². The maximum atomic E-state index is 12.2. The van der Waals surface area contributed by atoms with Crippen molar-refractivity contribution < 1.29 is 24.2 Å². The maximum absolute atomic E-state index is 12.2. The van der Waals surface area contributed by atoms with Gasteiger partial charge in [0, 0.05) is 27.4 Å². The Balaban J connectivity index is 1.78. The number of methoxy groups -OCH3 is 1. The Morgan fingerprint density at radius 3 is 2.63 bits per heavy atom. The van der Waals surface area contributed by atoms with Gasteiger partial charge in [0.05, 0.1) is 12.7 Å². The number of hydrogen-bond acceptors (Lipinski definition) is 6. The van der Waals surface area contributed by atoms with Crippen LogP contribution in [0.4, 0.5) is 0 Å². The zero-order valence-corrected chi connectivity index (χ0v) is 15.6. The second-order valence-corrected chi connectivity index (χ2v) is 6.43. The predicted molar refractivity (Wildman–Crippen MR) is 99.9 cm³/mol. The molecular weight excluding hydrogens is 418 g/mol. The molecule has 0 unspecified atom stereocenters. The van der Waals surface area contributed by atoms with Crippen molar-refractivity contribution >= 4 is 39.2 Å². The number of amides is 3. The van der Waals surface area contributed by atoms with Crippen LogP contribution in [0, 0.1) is 0 Å². The van der Waals surface area contributed by atoms with Gasteiger partial charge in [-0.15, -0.1) is 0 Å². The molecule has 8 nitrogen and oxygen atoms in total. The van der Waals surface area contributed by atoms with Crippen LogP contribution in [0.1, 0.15) is 26.3 Å². The summed E-state index contributed by atoms with van der Waals surface area (Å²) >= 11 is 3.30. The molecule has 0 saturated carbocycles. The lowest BCUT2D eigenvalue weighted by Crippen LogP contribution is -2.39. The summed E-state index contributed by atoms with van der Waals surface area (Å²) in [6.07, 6.45) is 1.29. The third kappa shape index (κ3) is 3.77. The number of halogens is 1. The highest BCUT2D eigenvalue weighted by Crippen LogP contribution is 2.27. The molecule has 1 aliphatic heterocycles. The van der Waals surface area contributed by atoms with E-state index in [0.29, 0.717) is 15.6 Å². The molecule has 2 aromatic carbocycles. The summed E-state index contributed by atoms with van der Waals surface area (Å²) in [7, 11) is 1.40. The zero-order valence-electron chi connectivity index (χ0n) is 14.0. The fraction of sp³-hybridized carbons (Fsp3) is 0.0556. The van der Waals surface area contributed by atoms with Crippen LogP contribution >= 0.6 is 15.9 Å². The minimum Gasteiger partial charge on any atom is -0.504 e. The van der Waals surface area contributed by atoms with Crippen molar-refractivity contribution in [3.63, 3.8) is 0 Å². The predicted octanol–water partition coefficient (Wildman–Crippen LogP) is 1.71. The van der Waals surface area contributed by atoms with Gasteiger partial charge in [0.2, 0.25) is 0 Å². The van der Waals surface area contributed by atoms with Gasteiger partial charge < -0.3 is 15.3 Å². The van der Waals surface area contributed by atoms with Gasteiger partial charge in [-0.2, -0.15) is 0 Å². The number of rotatable bonds is 4. The van der Waals surface area contributed by atoms with Crippen LogP contribution in [0.5, 0.6) is 11.5 Å². The van der Waals surface area contributed by atoms with E-state index < -0.39 is 17.7 Å². The highest BCUT2D eigenvalue weighted by atomic mass is 79.9. The molecule has 0 radical (unpaired) electrons. The zero-order chi connectivity index (χ0) is 19.6. The van der Waals surface area contributed by atoms with Crippen LogP contribution in [0.25, 0.3) is 5.57 Å². The van der Waals surface area contributed by atoms with Gasteiger partial charge in [0.15, 0.2) is 11.5 Å². The van der Waals surface area contributed by atoms with Gasteiger partial charge in [-0.1, -0.05) is 15.9 Å². The molecule has 0 fully saturated rings. The Morgan fingerprint density at radius 1 is 1.15 bits per heavy atom. The number of hydrazine groups is 1. The van der Waals surface area contributed by atoms with Crippen LogP contribution in [0.15, 0.2) is 47.1 Å². The third-order valence-electron chi connectivity index (χ3n) is 3.83. The lowest BCUT2D eigenvalue weighted by Gasteiger charge is -2.18. The fourth-order valence-electron chi connectivity index (χ4n) is 2.52. The maximum Gasteiger partial charge on any atom is 0.269 e. The second-order valence-electron chi connectivity index (χ2n) is 5.52. The fourth-order valence-corrected chi connectivity index (χ4v) is 2.88. The lowest BCUT2D eigenvalue weighted by atomic mass is 9.96. The molecule has 0 spiro atoms. The molecule has 27 heavy (non-hydrogen) atoms. The number of carbonyl (C=O) groups excluding carboxylic acids is 3. The number of phenols is 1. The molecule has 9 heteroatoms. The molecule has 0 aliphatic carbocycles. The van der Waals surface area contributed by atoms with Crippen LogP contribution in [-0.4, -0.2) is 29.9 Å². The van der Waals surface area contributed by atoms with Crippen molar-refractivity contribution in [3.8, 4) is 11.5 Å². The van der Waals surface area contributed by atoms with Gasteiger partial charge in [-0.25, -0.2) is 0 Å². The first-order chi connectivity index (χ1) is 12.9. The average Bonchev–Trinajstić information content (AvgIpc) is 2.63. The first-order valence-electron chi connectivity index (χ1n) is 7.69. The minimum absolute atomic E-state index is 0.174. The molecule has 3 amide bonds. The Labute approximate surface area is 162 Å². The van der Waals surface area contributed by atoms with Crippen molar-refractivity contribution in [2.75, 3.05) is 7.11 Å². The molecule has 1 heterocycles. The Morgan fingerprint density at radius 2 is 1.93 bits per heavy atom. The number of fused-ring (bicyclic) bond motifs is 1. The molecule has 138 valence electrons. The summed E-state index contributed by atoms with van der Waals surface area (Å²) in [6, 6.07) is 9.10. The normalized spacial score (nSPS) is 14.4. The Hall–Kier alpha value is -3.33. The molecule has 0 saturated heterocycles. The molecule has 1 aliphatic rings. The van der Waals surface area contributed by atoms with Crippen LogP contribution in [0.3, 0.4) is 0 Å². The Bertz CT molecular complexity index is 987. The smallest absolute Gasteiger partial charge is 0.269 e. The van der Waals surface area contributed by atoms with Crippen LogP contribution in [0.2, 0.25) is 0 Å². The molecule has 4 N–H and O–H groups in total. The summed E-state index contributed by atoms with van der Waals surface area (Å²) in [5.74, 6) is -1.54. The largest absolute Gasteiger partial charge is 0.504 e. The summed E-state index contributed by atoms with van der Waals surface area (Å²) in [5, 5.41) is 12.0. The number of nitrogens with one attached hydrogen (secondary N) is 3. The van der Waals surface area contributed by atoms with E-state index in [1.807, 2.05) is 0 Å². The van der Waals surface area contributed by atoms with E-state index in [0.717, 1.165) is 0 Å². The van der Waals surface area contributed by atoms with Crippen LogP contribution in [-0.2, 0) is 4.79 Å². The monoisotopic (exact) mass is 431 g/mol. The van der Waals surface area contributed by atoms with E-state index in [-0.39, 0.29) is 22.6 Å². The molecule has 3 rings (SSSR count). The summed E-state index contributed by atoms with van der Waals surface area (Å²) in [4.78, 5) is 36.2. The third-order valence-corrected chi connectivity index (χ3v) is 4.32. The number of hydrogen-bond donors (Lipinski definition) is 4. The number of benzene rings is 2. The highest BCUT2D eigenvalue weighted by Gasteiger charge is 2.27. The van der Waals surface area contributed by atoms with E-state index in [4.69, 9.17) is 4.74 Å². The van der Waals surface area contributed by atoms with E-state index in [2.05, 4.69) is 32.1 Å². The van der Waals surface area contributed by atoms with E-state index in [1.54, 1.807) is 18.2 Å². The number of ether oxygens (including phenoxy) is 1. The van der Waals surface area contributed by atoms with Crippen molar-refractivity contribution in [1.29, 1.82) is 0 Å². The molecule has 0 aromatic heterocycles. The number of imide groups is 1. The summed E-state index contributed by atoms with van der Waals surface area (Å²) < 4.78 is 5.62. The highest BCUT2D eigenvalue weighted by molar-refractivity contribution is 9.10. The molecule has 0 bridgehead atoms. The number of aromatic hydroxyl groups is 1. The summed E-state index contributed by atoms with van der Waals surface area (Å²) in [5.41, 5.74) is 6.09. The molecule has 2 aromatic rings. The number of phenolic OH excluding ortho intramolecular Hbond substituents is 1. The van der Waals surface area contributed by atoms with Gasteiger partial charge >= 0.3 is 0 Å². The first-order valence-corrected chi connectivity index (χ1v) is 8.48. The lowest BCUT2D eigenvalue weighted by molar-refractivity contribution is -0.114. The van der Waals surface area contributed by atoms with Gasteiger partial charge in [-0.05, 0) is 36.4 Å². The standard InChI is InChI=1S/C18H14BrN3O5/c1-27-15-5-2-9(6-14(15)23)16(24)22-20-8-13-12-7-10(19)3-4-11(12)17(25)21-18(13)26/h2-8,20,23H,1H3,(H,22,24)(H,21,25,26)/b13-8-. The van der Waals surface area contributed by atoms with Crippen molar-refractivity contribution in [2.24, 2.45) is 0 Å². The quantitative estimate of drug-likeness (QED) is 0.332. The van der Waals surface area contributed by atoms with E-state index in [9.17, 15) is 19.5 Å². The topological polar surface area (TPSA) is 117 Å². The van der Waals surface area contributed by atoms with Gasteiger partial charge in [0.1, 0.15) is 0 Å². The van der Waals surface area contributed by atoms with Gasteiger partial charge in [0.25, 0.3) is 17.7 Å². The van der Waals surface area contributed by atoms with Gasteiger partial charge in [-0.3, -0.25) is 25.1 Å². The minimum atomic E-state index is -0.588. The molecule has 0 atom stereocenters. The summed E-state index contributed by atoms with van der Waals surface area (Å²) in [6.45, 7) is 0. The molecular formula is C18H14BrN3O5. The van der Waals surface area contributed by atoms with Crippen molar-refractivity contribution in [3.05, 3.63) is 63.8 Å². The first kappa shape index (κ1) is 18.5. The van der Waals surface area contributed by atoms with E-state index >= 15 is 0 Å².